The van der Waals surface area contributed by atoms with Crippen molar-refractivity contribution < 1.29 is 0 Å². The molecule has 1 aliphatic rings. The van der Waals surface area contributed by atoms with E-state index in [0.29, 0.717) is 0 Å². The maximum Gasteiger partial charge on any atom is -0.0181 e. The van der Waals surface area contributed by atoms with Crippen LogP contribution in [0.1, 0.15) is 75.0 Å². The normalized spacial score (nSPS) is 12.9. The van der Waals surface area contributed by atoms with E-state index in [1.165, 1.54) is 87.0 Å². The van der Waals surface area contributed by atoms with E-state index in [4.69, 9.17) is 0 Å². The van der Waals surface area contributed by atoms with Gasteiger partial charge in [-0.1, -0.05) is 106 Å². The summed E-state index contributed by atoms with van der Waals surface area (Å²) in [5.41, 5.74) is 4.65. The van der Waals surface area contributed by atoms with Gasteiger partial charge < -0.3 is 0 Å². The maximum absolute atomic E-state index is 2.35. The van der Waals surface area contributed by atoms with Gasteiger partial charge in [-0.15, -0.1) is 0 Å². The van der Waals surface area contributed by atoms with Gasteiger partial charge in [-0.05, 0) is 66.0 Å². The Kier molecular flexibility index (Phi) is 8.62. The predicted molar refractivity (Wildman–Crippen MR) is 124 cm³/mol. The highest BCUT2D eigenvalue weighted by molar-refractivity contribution is 5.82. The summed E-state index contributed by atoms with van der Waals surface area (Å²) in [5, 5.41) is 2.73. The first kappa shape index (κ1) is 20.6. The zero-order valence-corrected chi connectivity index (χ0v) is 17.6. The van der Waals surface area contributed by atoms with E-state index in [0.717, 1.165) is 0 Å². The largest absolute Gasteiger partial charge is 0.0654 e. The van der Waals surface area contributed by atoms with Gasteiger partial charge in [0.05, 0.1) is 0 Å². The Morgan fingerprint density at radius 1 is 0.607 bits per heavy atom. The van der Waals surface area contributed by atoms with Crippen molar-refractivity contribution in [2.75, 3.05) is 0 Å². The van der Waals surface area contributed by atoms with Crippen molar-refractivity contribution in [2.24, 2.45) is 0 Å². The Bertz CT molecular complexity index is 805. The van der Waals surface area contributed by atoms with Crippen molar-refractivity contribution in [3.05, 3.63) is 83.4 Å². The van der Waals surface area contributed by atoms with Gasteiger partial charge in [-0.25, -0.2) is 0 Å². The lowest BCUT2D eigenvalue weighted by molar-refractivity contribution is 0.607. The van der Waals surface area contributed by atoms with Gasteiger partial charge in [-0.3, -0.25) is 0 Å². The SMILES string of the molecule is CCCCCCCCc1ccc2ccccc2c1.c1ccc2c(c1)CCCC2. The van der Waals surface area contributed by atoms with Crippen LogP contribution in [-0.4, -0.2) is 0 Å². The van der Waals surface area contributed by atoms with Crippen LogP contribution in [0.25, 0.3) is 10.8 Å². The molecule has 0 unspecified atom stereocenters. The van der Waals surface area contributed by atoms with Gasteiger partial charge in [0, 0.05) is 0 Å². The van der Waals surface area contributed by atoms with Crippen LogP contribution in [0.4, 0.5) is 0 Å². The average molecular weight is 373 g/mol. The van der Waals surface area contributed by atoms with E-state index in [1.54, 1.807) is 11.1 Å². The van der Waals surface area contributed by atoms with Crippen LogP contribution in [0.3, 0.4) is 0 Å². The summed E-state index contributed by atoms with van der Waals surface area (Å²) in [6.45, 7) is 2.27. The van der Waals surface area contributed by atoms with Gasteiger partial charge >= 0.3 is 0 Å². The van der Waals surface area contributed by atoms with Gasteiger partial charge in [0.25, 0.3) is 0 Å². The summed E-state index contributed by atoms with van der Waals surface area (Å²) >= 11 is 0. The lowest BCUT2D eigenvalue weighted by Crippen LogP contribution is -2.00. The number of rotatable bonds is 7. The summed E-state index contributed by atoms with van der Waals surface area (Å²) in [7, 11) is 0. The molecule has 1 aliphatic carbocycles. The first-order chi connectivity index (χ1) is 13.9. The monoisotopic (exact) mass is 372 g/mol. The van der Waals surface area contributed by atoms with Crippen LogP contribution >= 0.6 is 0 Å². The molecule has 0 bridgehead atoms. The fourth-order valence-corrected chi connectivity index (χ4v) is 4.18. The third kappa shape index (κ3) is 6.51. The van der Waals surface area contributed by atoms with E-state index in [1.807, 2.05) is 0 Å². The first-order valence-electron chi connectivity index (χ1n) is 11.4. The summed E-state index contributed by atoms with van der Waals surface area (Å²) < 4.78 is 0. The molecule has 0 fully saturated rings. The molecular formula is C28H36. The van der Waals surface area contributed by atoms with Crippen LogP contribution < -0.4 is 0 Å². The van der Waals surface area contributed by atoms with Crippen LogP contribution in [0.15, 0.2) is 66.7 Å². The molecule has 0 radical (unpaired) electrons. The molecule has 4 rings (SSSR count). The van der Waals surface area contributed by atoms with E-state index in [2.05, 4.69) is 73.7 Å². The maximum atomic E-state index is 2.35. The Hall–Kier alpha value is -2.08. The van der Waals surface area contributed by atoms with E-state index >= 15 is 0 Å². The zero-order chi connectivity index (χ0) is 19.4. The molecule has 0 aliphatic heterocycles. The second-order valence-electron chi connectivity index (χ2n) is 8.18. The topological polar surface area (TPSA) is 0 Å². The number of benzene rings is 3. The Balaban J connectivity index is 0.000000188. The van der Waals surface area contributed by atoms with Gasteiger partial charge in [0.15, 0.2) is 0 Å². The molecule has 0 amide bonds. The van der Waals surface area contributed by atoms with Crippen molar-refractivity contribution in [3.8, 4) is 0 Å². The molecule has 3 aromatic rings. The van der Waals surface area contributed by atoms with Crippen molar-refractivity contribution >= 4 is 10.8 Å². The van der Waals surface area contributed by atoms with Crippen molar-refractivity contribution in [1.29, 1.82) is 0 Å². The Labute approximate surface area is 172 Å². The predicted octanol–water partition coefficient (Wildman–Crippen LogP) is 8.31. The average Bonchev–Trinajstić information content (AvgIpc) is 2.76. The molecular weight excluding hydrogens is 336 g/mol. The summed E-state index contributed by atoms with van der Waals surface area (Å²) in [6, 6.07) is 24.3. The highest BCUT2D eigenvalue weighted by Crippen LogP contribution is 2.20. The third-order valence-corrected chi connectivity index (χ3v) is 5.89. The van der Waals surface area contributed by atoms with E-state index < -0.39 is 0 Å². The minimum Gasteiger partial charge on any atom is -0.0654 e. The Morgan fingerprint density at radius 3 is 1.93 bits per heavy atom. The summed E-state index contributed by atoms with van der Waals surface area (Å²) in [4.78, 5) is 0. The standard InChI is InChI=1S/C18H24.C10H12/c1-2-3-4-5-6-7-10-16-13-14-17-11-8-9-12-18(17)15-16;1-2-6-10-8-4-3-7-9(10)5-1/h8-9,11-15H,2-7,10H2,1H3;1-2,5-6H,3-4,7-8H2. The molecule has 0 aromatic heterocycles. The molecule has 0 heteroatoms. The first-order valence-corrected chi connectivity index (χ1v) is 11.4. The lowest BCUT2D eigenvalue weighted by Gasteiger charge is -2.13. The molecule has 0 nitrogen and oxygen atoms in total. The molecule has 0 saturated heterocycles. The molecule has 28 heavy (non-hydrogen) atoms. The second kappa shape index (κ2) is 11.7. The molecule has 0 heterocycles. The van der Waals surface area contributed by atoms with Crippen molar-refractivity contribution in [1.82, 2.24) is 0 Å². The van der Waals surface area contributed by atoms with Crippen LogP contribution in [0.2, 0.25) is 0 Å². The fraction of sp³-hybridized carbons (Fsp3) is 0.429. The highest BCUT2D eigenvalue weighted by atomic mass is 14.1. The van der Waals surface area contributed by atoms with Gasteiger partial charge in [0.2, 0.25) is 0 Å². The molecule has 0 saturated carbocycles. The van der Waals surface area contributed by atoms with Crippen LogP contribution in [0.5, 0.6) is 0 Å². The smallest absolute Gasteiger partial charge is 0.0181 e. The minimum absolute atomic E-state index is 1.23. The molecule has 0 N–H and O–H groups in total. The number of hydrogen-bond donors (Lipinski definition) is 0. The van der Waals surface area contributed by atoms with Crippen molar-refractivity contribution in [2.45, 2.75) is 77.6 Å². The minimum atomic E-state index is 1.23. The number of fused-ring (bicyclic) bond motifs is 2. The van der Waals surface area contributed by atoms with E-state index in [-0.39, 0.29) is 0 Å². The summed E-state index contributed by atoms with van der Waals surface area (Å²) in [6.07, 6.45) is 14.9. The molecule has 3 aromatic carbocycles. The lowest BCUT2D eigenvalue weighted by atomic mass is 9.92. The van der Waals surface area contributed by atoms with Crippen LogP contribution in [-0.2, 0) is 19.3 Å². The number of hydrogen-bond acceptors (Lipinski definition) is 0. The quantitative estimate of drug-likeness (QED) is 0.366. The highest BCUT2D eigenvalue weighted by Gasteiger charge is 2.06. The van der Waals surface area contributed by atoms with E-state index in [9.17, 15) is 0 Å². The van der Waals surface area contributed by atoms with Crippen LogP contribution in [0, 0.1) is 0 Å². The summed E-state index contributed by atoms with van der Waals surface area (Å²) in [5.74, 6) is 0. The number of unbranched alkanes of at least 4 members (excludes halogenated alkanes) is 5. The van der Waals surface area contributed by atoms with Gasteiger partial charge in [-0.2, -0.15) is 0 Å². The number of aryl methyl sites for hydroxylation is 3. The second-order valence-corrected chi connectivity index (χ2v) is 8.18. The van der Waals surface area contributed by atoms with Gasteiger partial charge in [0.1, 0.15) is 0 Å². The molecule has 148 valence electrons. The zero-order valence-electron chi connectivity index (χ0n) is 17.6. The fourth-order valence-electron chi connectivity index (χ4n) is 4.18. The molecule has 0 spiro atoms. The molecule has 0 atom stereocenters. The Morgan fingerprint density at radius 2 is 1.21 bits per heavy atom. The third-order valence-electron chi connectivity index (χ3n) is 5.89. The van der Waals surface area contributed by atoms with Crippen molar-refractivity contribution in [3.63, 3.8) is 0 Å².